The van der Waals surface area contributed by atoms with Crippen molar-refractivity contribution in [3.63, 3.8) is 0 Å². The minimum Gasteiger partial charge on any atom is -0.497 e. The second kappa shape index (κ2) is 8.27. The van der Waals surface area contributed by atoms with E-state index in [0.717, 1.165) is 46.5 Å². The number of methoxy groups -OCH3 is 2. The molecule has 0 amide bonds. The average molecular weight is 368 g/mol. The minimum atomic E-state index is -0.305. The van der Waals surface area contributed by atoms with Gasteiger partial charge in [0.1, 0.15) is 30.2 Å². The normalized spacial score (nSPS) is 12.1. The van der Waals surface area contributed by atoms with Crippen LogP contribution in [0.15, 0.2) is 51.7 Å². The van der Waals surface area contributed by atoms with Gasteiger partial charge < -0.3 is 18.8 Å². The number of ether oxygens (including phenoxy) is 2. The van der Waals surface area contributed by atoms with E-state index in [9.17, 15) is 4.79 Å². The maximum atomic E-state index is 12.0. The number of nitrogens with one attached hydrogen (secondary N) is 1. The molecule has 0 fully saturated rings. The summed E-state index contributed by atoms with van der Waals surface area (Å²) in [6.07, 6.45) is 0.909. The molecule has 0 aliphatic carbocycles. The van der Waals surface area contributed by atoms with E-state index < -0.39 is 0 Å². The topological polar surface area (TPSA) is 53.1 Å². The number of hydrogen-bond acceptors (Lipinski definition) is 4. The molecule has 0 saturated carbocycles. The zero-order valence-electron chi connectivity index (χ0n) is 16.3. The number of rotatable bonds is 7. The van der Waals surface area contributed by atoms with Crippen molar-refractivity contribution in [2.24, 2.45) is 0 Å². The second-order valence-corrected chi connectivity index (χ2v) is 6.76. The minimum absolute atomic E-state index is 0.305. The van der Waals surface area contributed by atoms with E-state index in [-0.39, 0.29) is 5.63 Å². The van der Waals surface area contributed by atoms with Crippen LogP contribution in [0, 0.1) is 0 Å². The van der Waals surface area contributed by atoms with Crippen molar-refractivity contribution < 1.29 is 18.8 Å². The van der Waals surface area contributed by atoms with Crippen LogP contribution in [-0.4, -0.2) is 21.3 Å². The SMILES string of the molecule is CCc1ccc2c(C[NH+](C)Cc3ccc(OC)cc3OC)cc(=O)oc2c1. The van der Waals surface area contributed by atoms with Gasteiger partial charge in [-0.25, -0.2) is 4.79 Å². The van der Waals surface area contributed by atoms with Crippen molar-refractivity contribution in [3.8, 4) is 11.5 Å². The first-order chi connectivity index (χ1) is 13.0. The van der Waals surface area contributed by atoms with Gasteiger partial charge in [0.05, 0.1) is 21.3 Å². The number of aryl methyl sites for hydroxylation is 1. The Morgan fingerprint density at radius 1 is 0.963 bits per heavy atom. The van der Waals surface area contributed by atoms with Gasteiger partial charge in [0.25, 0.3) is 0 Å². The van der Waals surface area contributed by atoms with Crippen LogP contribution in [0.2, 0.25) is 0 Å². The predicted molar refractivity (Wildman–Crippen MR) is 106 cm³/mol. The van der Waals surface area contributed by atoms with E-state index >= 15 is 0 Å². The van der Waals surface area contributed by atoms with Gasteiger partial charge in [-0.2, -0.15) is 0 Å². The van der Waals surface area contributed by atoms with Crippen LogP contribution in [0.25, 0.3) is 11.0 Å². The third-order valence-corrected chi connectivity index (χ3v) is 4.78. The maximum absolute atomic E-state index is 12.0. The first kappa shape index (κ1) is 19.0. The van der Waals surface area contributed by atoms with E-state index in [4.69, 9.17) is 13.9 Å². The fourth-order valence-electron chi connectivity index (χ4n) is 3.35. The molecule has 142 valence electrons. The largest absolute Gasteiger partial charge is 0.497 e. The monoisotopic (exact) mass is 368 g/mol. The highest BCUT2D eigenvalue weighted by Crippen LogP contribution is 2.24. The molecule has 1 aromatic heterocycles. The van der Waals surface area contributed by atoms with Gasteiger partial charge in [0, 0.05) is 28.6 Å². The number of quaternary nitrogens is 1. The molecule has 0 saturated heterocycles. The lowest BCUT2D eigenvalue weighted by Crippen LogP contribution is -3.06. The highest BCUT2D eigenvalue weighted by atomic mass is 16.5. The lowest BCUT2D eigenvalue weighted by atomic mass is 10.1. The van der Waals surface area contributed by atoms with Crippen LogP contribution in [-0.2, 0) is 19.5 Å². The Balaban J connectivity index is 1.86. The Kier molecular flexibility index (Phi) is 5.81. The van der Waals surface area contributed by atoms with Crippen LogP contribution in [0.4, 0.5) is 0 Å². The fraction of sp³-hybridized carbons (Fsp3) is 0.318. The van der Waals surface area contributed by atoms with E-state index in [1.165, 1.54) is 4.90 Å². The Morgan fingerprint density at radius 3 is 2.44 bits per heavy atom. The van der Waals surface area contributed by atoms with Crippen molar-refractivity contribution in [1.82, 2.24) is 0 Å². The quantitative estimate of drug-likeness (QED) is 0.652. The zero-order chi connectivity index (χ0) is 19.4. The van der Waals surface area contributed by atoms with Crippen molar-refractivity contribution in [2.45, 2.75) is 26.4 Å². The van der Waals surface area contributed by atoms with Gasteiger partial charge in [-0.3, -0.25) is 0 Å². The zero-order valence-corrected chi connectivity index (χ0v) is 16.3. The van der Waals surface area contributed by atoms with E-state index in [1.54, 1.807) is 20.3 Å². The molecule has 3 rings (SSSR count). The van der Waals surface area contributed by atoms with Gasteiger partial charge in [0.15, 0.2) is 0 Å². The van der Waals surface area contributed by atoms with Crippen molar-refractivity contribution in [3.05, 3.63) is 69.6 Å². The molecule has 0 bridgehead atoms. The van der Waals surface area contributed by atoms with E-state index in [2.05, 4.69) is 20.0 Å². The van der Waals surface area contributed by atoms with Crippen molar-refractivity contribution >= 4 is 11.0 Å². The number of benzene rings is 2. The maximum Gasteiger partial charge on any atom is 0.336 e. The Bertz CT molecular complexity index is 993. The van der Waals surface area contributed by atoms with Gasteiger partial charge in [0.2, 0.25) is 0 Å². The van der Waals surface area contributed by atoms with Crippen molar-refractivity contribution in [1.29, 1.82) is 0 Å². The van der Waals surface area contributed by atoms with Gasteiger partial charge in [-0.15, -0.1) is 0 Å². The van der Waals surface area contributed by atoms with E-state index in [1.807, 2.05) is 30.3 Å². The van der Waals surface area contributed by atoms with Crippen LogP contribution in [0.3, 0.4) is 0 Å². The molecule has 0 radical (unpaired) electrons. The average Bonchev–Trinajstić information content (AvgIpc) is 2.67. The fourth-order valence-corrected chi connectivity index (χ4v) is 3.35. The molecular formula is C22H26NO4+. The summed E-state index contributed by atoms with van der Waals surface area (Å²) in [6, 6.07) is 13.5. The van der Waals surface area contributed by atoms with Crippen LogP contribution < -0.4 is 20.0 Å². The Morgan fingerprint density at radius 2 is 1.74 bits per heavy atom. The summed E-state index contributed by atoms with van der Waals surface area (Å²) < 4.78 is 16.2. The number of hydrogen-bond donors (Lipinski definition) is 1. The summed E-state index contributed by atoms with van der Waals surface area (Å²) in [5.74, 6) is 1.57. The lowest BCUT2D eigenvalue weighted by Gasteiger charge is -2.17. The molecule has 1 atom stereocenters. The van der Waals surface area contributed by atoms with Gasteiger partial charge in [-0.05, 0) is 30.2 Å². The Labute approximate surface area is 159 Å². The summed E-state index contributed by atoms with van der Waals surface area (Å²) >= 11 is 0. The highest BCUT2D eigenvalue weighted by Gasteiger charge is 2.14. The van der Waals surface area contributed by atoms with E-state index in [0.29, 0.717) is 12.1 Å². The molecule has 1 heterocycles. The molecular weight excluding hydrogens is 342 g/mol. The molecule has 5 nitrogen and oxygen atoms in total. The molecule has 27 heavy (non-hydrogen) atoms. The van der Waals surface area contributed by atoms with Crippen molar-refractivity contribution in [2.75, 3.05) is 21.3 Å². The van der Waals surface area contributed by atoms with Crippen LogP contribution >= 0.6 is 0 Å². The third-order valence-electron chi connectivity index (χ3n) is 4.78. The van der Waals surface area contributed by atoms with Crippen LogP contribution in [0.1, 0.15) is 23.6 Å². The summed E-state index contributed by atoms with van der Waals surface area (Å²) in [6.45, 7) is 3.56. The molecule has 1 N–H and O–H groups in total. The van der Waals surface area contributed by atoms with Gasteiger partial charge >= 0.3 is 5.63 Å². The highest BCUT2D eigenvalue weighted by molar-refractivity contribution is 5.80. The molecule has 3 aromatic rings. The molecule has 0 spiro atoms. The molecule has 2 aromatic carbocycles. The molecule has 5 heteroatoms. The smallest absolute Gasteiger partial charge is 0.336 e. The summed E-state index contributed by atoms with van der Waals surface area (Å²) in [5, 5.41) is 0.993. The van der Waals surface area contributed by atoms with Gasteiger partial charge in [-0.1, -0.05) is 19.1 Å². The standard InChI is InChI=1S/C22H25NO4/c1-5-15-6-9-19-17(11-22(24)27-21(19)10-15)14-23(2)13-16-7-8-18(25-3)12-20(16)26-4/h6-12H,5,13-14H2,1-4H3/p+1. The summed E-state index contributed by atoms with van der Waals surface area (Å²) in [4.78, 5) is 13.2. The molecule has 0 aliphatic rings. The summed E-state index contributed by atoms with van der Waals surface area (Å²) in [5.41, 5.74) is 3.60. The number of fused-ring (bicyclic) bond motifs is 1. The first-order valence-corrected chi connectivity index (χ1v) is 9.12. The predicted octanol–water partition coefficient (Wildman–Crippen LogP) is 2.59. The second-order valence-electron chi connectivity index (χ2n) is 6.76. The first-order valence-electron chi connectivity index (χ1n) is 9.12. The molecule has 1 unspecified atom stereocenters. The lowest BCUT2D eigenvalue weighted by molar-refractivity contribution is -0.907. The summed E-state index contributed by atoms with van der Waals surface area (Å²) in [7, 11) is 5.40. The van der Waals surface area contributed by atoms with Crippen LogP contribution in [0.5, 0.6) is 11.5 Å². The third kappa shape index (κ3) is 4.31. The Hall–Kier alpha value is -2.79. The molecule has 0 aliphatic heterocycles.